The first-order valence-corrected chi connectivity index (χ1v) is 13.3. The number of rotatable bonds is 5. The number of thioether (sulfide) groups is 1. The molecule has 2 bridgehead atoms. The fourth-order valence-corrected chi connectivity index (χ4v) is 6.99. The van der Waals surface area contributed by atoms with Gasteiger partial charge in [-0.25, -0.2) is 4.79 Å². The SMILES string of the molecule is CSc1ccc(C[C@@H](Cl)B2OC3CC4CC(C4(C)C)[C@]3(C)O2)c(C)c1C(=O)OC(C)(C)C. The second-order valence-electron chi connectivity index (χ2n) is 11.5. The van der Waals surface area contributed by atoms with Gasteiger partial charge in [-0.3, -0.25) is 0 Å². The van der Waals surface area contributed by atoms with Crippen molar-refractivity contribution in [2.75, 3.05) is 6.26 Å². The lowest BCUT2D eigenvalue weighted by Gasteiger charge is -2.64. The van der Waals surface area contributed by atoms with E-state index in [1.807, 2.05) is 40.0 Å². The number of carbonyl (C=O) groups is 1. The van der Waals surface area contributed by atoms with Crippen molar-refractivity contribution < 1.29 is 18.8 Å². The van der Waals surface area contributed by atoms with Crippen LogP contribution in [-0.4, -0.2) is 41.9 Å². The Balaban J connectivity index is 1.52. The molecule has 3 aliphatic carbocycles. The molecule has 3 saturated carbocycles. The topological polar surface area (TPSA) is 44.8 Å². The summed E-state index contributed by atoms with van der Waals surface area (Å²) in [7, 11) is -0.438. The van der Waals surface area contributed by atoms with E-state index in [0.29, 0.717) is 29.2 Å². The highest BCUT2D eigenvalue weighted by atomic mass is 35.5. The first-order chi connectivity index (χ1) is 14.8. The van der Waals surface area contributed by atoms with E-state index >= 15 is 0 Å². The molecular weight excluding hydrogens is 443 g/mol. The zero-order valence-electron chi connectivity index (χ0n) is 20.6. The van der Waals surface area contributed by atoms with Crippen LogP contribution in [0.1, 0.15) is 75.9 Å². The lowest BCUT2D eigenvalue weighted by molar-refractivity contribution is -0.199. The van der Waals surface area contributed by atoms with Crippen LogP contribution in [-0.2, 0) is 20.5 Å². The van der Waals surface area contributed by atoms with Crippen molar-refractivity contribution in [1.82, 2.24) is 0 Å². The van der Waals surface area contributed by atoms with Crippen molar-refractivity contribution in [3.63, 3.8) is 0 Å². The van der Waals surface area contributed by atoms with Gasteiger partial charge < -0.3 is 14.0 Å². The Morgan fingerprint density at radius 1 is 1.31 bits per heavy atom. The summed E-state index contributed by atoms with van der Waals surface area (Å²) in [5.41, 5.74) is 2.07. The molecule has 5 rings (SSSR count). The van der Waals surface area contributed by atoms with Crippen LogP contribution in [0.3, 0.4) is 0 Å². The van der Waals surface area contributed by atoms with Gasteiger partial charge in [-0.05, 0) is 94.6 Å². The van der Waals surface area contributed by atoms with Crippen molar-refractivity contribution in [2.45, 2.75) is 95.2 Å². The van der Waals surface area contributed by atoms with Gasteiger partial charge in [0.05, 0.1) is 22.5 Å². The monoisotopic (exact) mass is 478 g/mol. The van der Waals surface area contributed by atoms with Crippen LogP contribution in [0.4, 0.5) is 0 Å². The predicted molar refractivity (Wildman–Crippen MR) is 132 cm³/mol. The Kier molecular flexibility index (Phi) is 6.27. The first-order valence-electron chi connectivity index (χ1n) is 11.6. The molecule has 1 aliphatic heterocycles. The summed E-state index contributed by atoms with van der Waals surface area (Å²) in [6.45, 7) is 14.6. The third-order valence-corrected chi connectivity index (χ3v) is 9.18. The fraction of sp³-hybridized carbons (Fsp3) is 0.720. The Labute approximate surface area is 202 Å². The lowest BCUT2D eigenvalue weighted by Crippen LogP contribution is -2.65. The molecule has 176 valence electrons. The molecule has 0 radical (unpaired) electrons. The van der Waals surface area contributed by atoms with Crippen LogP contribution in [0.2, 0.25) is 0 Å². The van der Waals surface area contributed by atoms with E-state index < -0.39 is 12.7 Å². The Morgan fingerprint density at radius 2 is 2.00 bits per heavy atom. The van der Waals surface area contributed by atoms with Gasteiger partial charge in [0.1, 0.15) is 5.60 Å². The van der Waals surface area contributed by atoms with Crippen molar-refractivity contribution in [3.8, 4) is 0 Å². The second kappa shape index (κ2) is 8.21. The van der Waals surface area contributed by atoms with E-state index in [9.17, 15) is 4.79 Å². The predicted octanol–water partition coefficient (Wildman–Crippen LogP) is 6.09. The summed E-state index contributed by atoms with van der Waals surface area (Å²) in [6.07, 6.45) is 4.93. The number of hydrogen-bond acceptors (Lipinski definition) is 5. The molecule has 4 nitrogen and oxygen atoms in total. The van der Waals surface area contributed by atoms with E-state index in [4.69, 9.17) is 25.6 Å². The summed E-state index contributed by atoms with van der Waals surface area (Å²) < 4.78 is 18.6. The summed E-state index contributed by atoms with van der Waals surface area (Å²) in [5.74, 6) is 0.926. The summed E-state index contributed by atoms with van der Waals surface area (Å²) >= 11 is 8.44. The molecule has 32 heavy (non-hydrogen) atoms. The van der Waals surface area contributed by atoms with Crippen molar-refractivity contribution in [3.05, 3.63) is 28.8 Å². The largest absolute Gasteiger partial charge is 0.477 e. The van der Waals surface area contributed by atoms with E-state index in [2.05, 4.69) is 26.8 Å². The van der Waals surface area contributed by atoms with Gasteiger partial charge in [0.2, 0.25) is 0 Å². The van der Waals surface area contributed by atoms with Crippen molar-refractivity contribution in [1.29, 1.82) is 0 Å². The molecule has 0 amide bonds. The summed E-state index contributed by atoms with van der Waals surface area (Å²) in [5, 5.41) is -0.331. The number of esters is 1. The smallest absolute Gasteiger partial charge is 0.456 e. The third kappa shape index (κ3) is 4.04. The molecule has 1 heterocycles. The minimum atomic E-state index is -0.546. The van der Waals surface area contributed by atoms with Gasteiger partial charge >= 0.3 is 13.1 Å². The molecular formula is C25H36BClO4S. The van der Waals surface area contributed by atoms with Gasteiger partial charge in [0.25, 0.3) is 0 Å². The Morgan fingerprint density at radius 3 is 2.59 bits per heavy atom. The van der Waals surface area contributed by atoms with E-state index in [-0.39, 0.29) is 23.0 Å². The van der Waals surface area contributed by atoms with E-state index in [1.54, 1.807) is 11.8 Å². The Hall–Kier alpha value is -0.685. The van der Waals surface area contributed by atoms with Gasteiger partial charge in [-0.1, -0.05) is 19.9 Å². The average molecular weight is 479 g/mol. The van der Waals surface area contributed by atoms with E-state index in [0.717, 1.165) is 22.4 Å². The third-order valence-electron chi connectivity index (χ3n) is 8.04. The maximum absolute atomic E-state index is 13.0. The molecule has 0 N–H and O–H groups in total. The van der Waals surface area contributed by atoms with Gasteiger partial charge in [-0.15, -0.1) is 23.4 Å². The molecule has 1 aromatic carbocycles. The lowest BCUT2D eigenvalue weighted by atomic mass is 9.43. The number of ether oxygens (including phenoxy) is 1. The highest BCUT2D eigenvalue weighted by Gasteiger charge is 2.68. The summed E-state index contributed by atoms with van der Waals surface area (Å²) in [4.78, 5) is 13.9. The minimum absolute atomic E-state index is 0.114. The average Bonchev–Trinajstić information content (AvgIpc) is 3.04. The number of alkyl halides is 1. The molecule has 5 atom stereocenters. The molecule has 4 aliphatic rings. The van der Waals surface area contributed by atoms with Gasteiger partial charge in [0.15, 0.2) is 0 Å². The molecule has 7 heteroatoms. The molecule has 0 spiro atoms. The number of benzene rings is 1. The van der Waals surface area contributed by atoms with Crippen LogP contribution >= 0.6 is 23.4 Å². The van der Waals surface area contributed by atoms with Crippen molar-refractivity contribution >= 4 is 36.5 Å². The standard InChI is InChI=1S/C25H36BClO4S/c1-14-15(9-10-17(32-8)21(14)22(28)29-23(2,3)4)11-20(27)26-30-19-13-16-12-18(24(16,5)6)25(19,7)31-26/h9-10,16,18-20H,11-13H2,1-8H3/t16?,18?,19?,20-,25+/m1/s1. The number of carbonyl (C=O) groups excluding carboxylic acids is 1. The molecule has 3 unspecified atom stereocenters. The first kappa shape index (κ1) is 24.4. The van der Waals surface area contributed by atoms with Crippen LogP contribution in [0.25, 0.3) is 0 Å². The minimum Gasteiger partial charge on any atom is -0.456 e. The molecule has 1 aromatic rings. The van der Waals surface area contributed by atoms with Crippen LogP contribution in [0.15, 0.2) is 17.0 Å². The van der Waals surface area contributed by atoms with Crippen LogP contribution in [0, 0.1) is 24.2 Å². The van der Waals surface area contributed by atoms with Crippen LogP contribution < -0.4 is 0 Å². The maximum Gasteiger partial charge on any atom is 0.477 e. The molecule has 4 fully saturated rings. The second-order valence-corrected chi connectivity index (χ2v) is 12.9. The number of halogens is 1. The molecule has 0 aromatic heterocycles. The van der Waals surface area contributed by atoms with Gasteiger partial charge in [0, 0.05) is 4.90 Å². The Bertz CT molecular complexity index is 914. The maximum atomic E-state index is 13.0. The highest BCUT2D eigenvalue weighted by Crippen LogP contribution is 2.65. The number of hydrogen-bond donors (Lipinski definition) is 0. The normalized spacial score (nSPS) is 31.7. The van der Waals surface area contributed by atoms with Crippen molar-refractivity contribution in [2.24, 2.45) is 17.3 Å². The fourth-order valence-electron chi connectivity index (χ4n) is 6.06. The molecule has 1 saturated heterocycles. The van der Waals surface area contributed by atoms with Crippen LogP contribution in [0.5, 0.6) is 0 Å². The quantitative estimate of drug-likeness (QED) is 0.222. The van der Waals surface area contributed by atoms with Gasteiger partial charge in [-0.2, -0.15) is 0 Å². The zero-order valence-corrected chi connectivity index (χ0v) is 22.2. The zero-order chi connectivity index (χ0) is 23.6. The summed E-state index contributed by atoms with van der Waals surface area (Å²) in [6, 6.07) is 4.05. The van der Waals surface area contributed by atoms with E-state index in [1.165, 1.54) is 6.42 Å². The highest BCUT2D eigenvalue weighted by molar-refractivity contribution is 7.98.